The van der Waals surface area contributed by atoms with E-state index in [1.54, 1.807) is 75.6 Å². The van der Waals surface area contributed by atoms with Crippen LogP contribution in [0, 0.1) is 13.8 Å². The molecule has 9 heteroatoms. The van der Waals surface area contributed by atoms with Crippen molar-refractivity contribution >= 4 is 27.5 Å². The number of anilines is 1. The van der Waals surface area contributed by atoms with Crippen molar-refractivity contribution in [1.82, 2.24) is 10.2 Å². The predicted octanol–water partition coefficient (Wildman–Crippen LogP) is 4.06. The number of nitrogens with zero attached hydrogens (tertiary/aromatic N) is 2. The Kier molecular flexibility index (Phi) is 9.52. The van der Waals surface area contributed by atoms with Gasteiger partial charge in [0.15, 0.2) is 0 Å². The molecule has 38 heavy (non-hydrogen) atoms. The predicted molar refractivity (Wildman–Crippen MR) is 149 cm³/mol. The number of carbonyl (C=O) groups excluding carboxylic acids is 2. The number of aryl methyl sites for hydroxylation is 2. The van der Waals surface area contributed by atoms with Gasteiger partial charge in [0.1, 0.15) is 18.3 Å². The maximum Gasteiger partial charge on any atom is 0.264 e. The molecular weight excluding hydrogens is 502 g/mol. The van der Waals surface area contributed by atoms with E-state index in [1.165, 1.54) is 17.0 Å². The van der Waals surface area contributed by atoms with E-state index in [2.05, 4.69) is 5.32 Å². The quantitative estimate of drug-likeness (QED) is 0.398. The first-order valence-corrected chi connectivity index (χ1v) is 13.9. The van der Waals surface area contributed by atoms with Crippen molar-refractivity contribution in [3.8, 4) is 5.75 Å². The highest BCUT2D eigenvalue weighted by Gasteiger charge is 2.32. The van der Waals surface area contributed by atoms with Crippen LogP contribution in [0.1, 0.15) is 30.5 Å². The smallest absolute Gasteiger partial charge is 0.264 e. The summed E-state index contributed by atoms with van der Waals surface area (Å²) in [5.74, 6) is -0.223. The Balaban J connectivity index is 2.02. The van der Waals surface area contributed by atoms with Gasteiger partial charge in [0, 0.05) is 13.1 Å². The molecule has 3 aromatic carbocycles. The summed E-state index contributed by atoms with van der Waals surface area (Å²) in [6.07, 6.45) is 0. The molecule has 3 rings (SSSR count). The Morgan fingerprint density at radius 1 is 0.947 bits per heavy atom. The van der Waals surface area contributed by atoms with Crippen LogP contribution in [-0.4, -0.2) is 51.4 Å². The van der Waals surface area contributed by atoms with Crippen LogP contribution in [0.4, 0.5) is 5.69 Å². The second-order valence-electron chi connectivity index (χ2n) is 9.10. The van der Waals surface area contributed by atoms with Gasteiger partial charge >= 0.3 is 0 Å². The molecule has 0 unspecified atom stereocenters. The van der Waals surface area contributed by atoms with E-state index in [0.29, 0.717) is 18.0 Å². The van der Waals surface area contributed by atoms with Crippen molar-refractivity contribution in [2.45, 2.75) is 45.2 Å². The third-order valence-corrected chi connectivity index (χ3v) is 8.00. The second kappa shape index (κ2) is 12.6. The third-order valence-electron chi connectivity index (χ3n) is 6.22. The lowest BCUT2D eigenvalue weighted by Crippen LogP contribution is -2.51. The van der Waals surface area contributed by atoms with Crippen LogP contribution in [-0.2, 0) is 26.2 Å². The molecule has 0 saturated carbocycles. The highest BCUT2D eigenvalue weighted by Crippen LogP contribution is 2.25. The zero-order valence-corrected chi connectivity index (χ0v) is 23.3. The normalized spacial score (nSPS) is 11.9. The van der Waals surface area contributed by atoms with Gasteiger partial charge in [-0.3, -0.25) is 13.9 Å². The van der Waals surface area contributed by atoms with E-state index in [0.717, 1.165) is 21.0 Å². The van der Waals surface area contributed by atoms with Gasteiger partial charge in [-0.2, -0.15) is 0 Å². The molecule has 0 bridgehead atoms. The zero-order chi connectivity index (χ0) is 27.9. The molecule has 0 spiro atoms. The van der Waals surface area contributed by atoms with Gasteiger partial charge in [-0.25, -0.2) is 8.42 Å². The molecule has 0 aliphatic carbocycles. The molecule has 3 aromatic rings. The zero-order valence-electron chi connectivity index (χ0n) is 22.5. The van der Waals surface area contributed by atoms with Crippen molar-refractivity contribution in [2.75, 3.05) is 24.5 Å². The fraction of sp³-hybridized carbons (Fsp3) is 0.310. The van der Waals surface area contributed by atoms with Crippen LogP contribution < -0.4 is 14.4 Å². The largest absolute Gasteiger partial charge is 0.497 e. The van der Waals surface area contributed by atoms with Gasteiger partial charge in [0.25, 0.3) is 10.0 Å². The minimum Gasteiger partial charge on any atom is -0.497 e. The molecule has 202 valence electrons. The first-order chi connectivity index (χ1) is 18.1. The van der Waals surface area contributed by atoms with Gasteiger partial charge in [0.2, 0.25) is 11.8 Å². The Labute approximate surface area is 225 Å². The lowest BCUT2D eigenvalue weighted by Gasteiger charge is -2.32. The molecule has 1 atom stereocenters. The molecule has 0 aliphatic rings. The highest BCUT2D eigenvalue weighted by molar-refractivity contribution is 7.92. The van der Waals surface area contributed by atoms with Gasteiger partial charge in [-0.05, 0) is 69.7 Å². The SMILES string of the molecule is CCNC(=O)[C@@H](C)N(Cc1cccc(OC)c1)C(=O)CN(c1ccc(C)cc1)S(=O)(=O)c1ccc(C)cc1. The number of hydrogen-bond donors (Lipinski definition) is 1. The summed E-state index contributed by atoms with van der Waals surface area (Å²) in [4.78, 5) is 28.1. The number of carbonyl (C=O) groups is 2. The maximum atomic E-state index is 13.8. The van der Waals surface area contributed by atoms with Crippen LogP contribution in [0.2, 0.25) is 0 Å². The third kappa shape index (κ3) is 6.92. The standard InChI is InChI=1S/C29H35N3O5S/c1-6-30-29(34)23(4)31(19-24-8-7-9-26(18-24)37-5)28(33)20-32(25-14-10-21(2)11-15-25)38(35,36)27-16-12-22(3)13-17-27/h7-18,23H,6,19-20H2,1-5H3,(H,30,34)/t23-/m1/s1. The van der Waals surface area contributed by atoms with E-state index in [-0.39, 0.29) is 17.3 Å². The van der Waals surface area contributed by atoms with E-state index in [1.807, 2.05) is 19.9 Å². The van der Waals surface area contributed by atoms with E-state index >= 15 is 0 Å². The number of amides is 2. The van der Waals surface area contributed by atoms with Crippen LogP contribution >= 0.6 is 0 Å². The van der Waals surface area contributed by atoms with Crippen molar-refractivity contribution in [2.24, 2.45) is 0 Å². The van der Waals surface area contributed by atoms with Crippen LogP contribution in [0.25, 0.3) is 0 Å². The summed E-state index contributed by atoms with van der Waals surface area (Å²) >= 11 is 0. The summed E-state index contributed by atoms with van der Waals surface area (Å²) in [5, 5.41) is 2.75. The lowest BCUT2D eigenvalue weighted by atomic mass is 10.1. The first-order valence-electron chi connectivity index (χ1n) is 12.4. The number of rotatable bonds is 11. The second-order valence-corrected chi connectivity index (χ2v) is 11.0. The lowest BCUT2D eigenvalue weighted by molar-refractivity contribution is -0.139. The van der Waals surface area contributed by atoms with Crippen LogP contribution in [0.15, 0.2) is 77.7 Å². The van der Waals surface area contributed by atoms with Gasteiger partial charge in [0.05, 0.1) is 17.7 Å². The number of ether oxygens (including phenoxy) is 1. The molecule has 1 N–H and O–H groups in total. The molecule has 2 amide bonds. The molecule has 0 radical (unpaired) electrons. The molecule has 8 nitrogen and oxygen atoms in total. The number of benzene rings is 3. The van der Waals surface area contributed by atoms with Crippen molar-refractivity contribution in [1.29, 1.82) is 0 Å². The number of likely N-dealkylation sites (N-methyl/N-ethyl adjacent to an activating group) is 1. The minimum atomic E-state index is -4.09. The maximum absolute atomic E-state index is 13.8. The molecule has 0 aromatic heterocycles. The fourth-order valence-corrected chi connectivity index (χ4v) is 5.36. The Bertz CT molecular complexity index is 1360. The molecule has 0 aliphatic heterocycles. The van der Waals surface area contributed by atoms with E-state index < -0.39 is 28.5 Å². The Hall–Kier alpha value is -3.85. The van der Waals surface area contributed by atoms with Crippen molar-refractivity contribution in [3.05, 3.63) is 89.5 Å². The van der Waals surface area contributed by atoms with Gasteiger partial charge in [-0.15, -0.1) is 0 Å². The molecule has 0 heterocycles. The first kappa shape index (κ1) is 28.7. The van der Waals surface area contributed by atoms with Crippen molar-refractivity contribution < 1.29 is 22.7 Å². The summed E-state index contributed by atoms with van der Waals surface area (Å²) in [7, 11) is -2.54. The average molecular weight is 538 g/mol. The van der Waals surface area contributed by atoms with Gasteiger partial charge < -0.3 is 15.0 Å². The Morgan fingerprint density at radius 2 is 1.55 bits per heavy atom. The fourth-order valence-electron chi connectivity index (χ4n) is 3.95. The monoisotopic (exact) mass is 537 g/mol. The summed E-state index contributed by atoms with van der Waals surface area (Å²) < 4.78 is 34.0. The minimum absolute atomic E-state index is 0.0765. The van der Waals surface area contributed by atoms with Gasteiger partial charge in [-0.1, -0.05) is 47.5 Å². The Morgan fingerprint density at radius 3 is 2.13 bits per heavy atom. The number of nitrogens with one attached hydrogen (secondary N) is 1. The summed E-state index contributed by atoms with van der Waals surface area (Å²) in [5.41, 5.74) is 2.98. The van der Waals surface area contributed by atoms with E-state index in [9.17, 15) is 18.0 Å². The van der Waals surface area contributed by atoms with E-state index in [4.69, 9.17) is 4.74 Å². The topological polar surface area (TPSA) is 96.0 Å². The summed E-state index contributed by atoms with van der Waals surface area (Å²) in [6.45, 7) is 7.23. The number of methoxy groups -OCH3 is 1. The molecular formula is C29H35N3O5S. The number of sulfonamides is 1. The molecule has 0 fully saturated rings. The van der Waals surface area contributed by atoms with Crippen LogP contribution in [0.5, 0.6) is 5.75 Å². The van der Waals surface area contributed by atoms with Crippen molar-refractivity contribution in [3.63, 3.8) is 0 Å². The van der Waals surface area contributed by atoms with Crippen LogP contribution in [0.3, 0.4) is 0 Å². The average Bonchev–Trinajstić information content (AvgIpc) is 2.91. The molecule has 0 saturated heterocycles. The summed E-state index contributed by atoms with van der Waals surface area (Å²) in [6, 6.07) is 19.8. The highest BCUT2D eigenvalue weighted by atomic mass is 32.2. The number of hydrogen-bond acceptors (Lipinski definition) is 5.